The highest BCUT2D eigenvalue weighted by atomic mass is 35.5. The average molecular weight is 273 g/mol. The van der Waals surface area contributed by atoms with Gasteiger partial charge in [-0.3, -0.25) is 4.79 Å². The summed E-state index contributed by atoms with van der Waals surface area (Å²) in [5, 5.41) is 6.76. The van der Waals surface area contributed by atoms with E-state index >= 15 is 0 Å². The summed E-state index contributed by atoms with van der Waals surface area (Å²) < 4.78 is 0. The maximum atomic E-state index is 12.4. The van der Waals surface area contributed by atoms with Crippen molar-refractivity contribution < 1.29 is 4.79 Å². The van der Waals surface area contributed by atoms with Crippen LogP contribution >= 0.6 is 12.4 Å². The highest BCUT2D eigenvalue weighted by molar-refractivity contribution is 5.85. The summed E-state index contributed by atoms with van der Waals surface area (Å²) in [5.41, 5.74) is 0. The van der Waals surface area contributed by atoms with E-state index in [0.29, 0.717) is 35.7 Å². The zero-order valence-corrected chi connectivity index (χ0v) is 12.0. The summed E-state index contributed by atoms with van der Waals surface area (Å²) in [6, 6.07) is 0.794. The molecule has 0 bridgehead atoms. The molecule has 1 saturated heterocycles. The van der Waals surface area contributed by atoms with Crippen molar-refractivity contribution in [2.75, 3.05) is 6.54 Å². The molecule has 1 aliphatic heterocycles. The molecule has 1 heterocycles. The van der Waals surface area contributed by atoms with E-state index in [0.717, 1.165) is 13.0 Å². The summed E-state index contributed by atoms with van der Waals surface area (Å²) in [5.74, 6) is 2.14. The topological polar surface area (TPSA) is 41.1 Å². The van der Waals surface area contributed by atoms with Crippen molar-refractivity contribution in [1.82, 2.24) is 10.6 Å². The molecule has 3 nitrogen and oxygen atoms in total. The SMILES string of the molecule is CC1NCCCC1NC(=O)C(C1CC1)C1CC1.Cl. The van der Waals surface area contributed by atoms with E-state index in [1.165, 1.54) is 32.1 Å². The molecule has 3 fully saturated rings. The van der Waals surface area contributed by atoms with E-state index < -0.39 is 0 Å². The lowest BCUT2D eigenvalue weighted by Gasteiger charge is -2.32. The monoisotopic (exact) mass is 272 g/mol. The number of rotatable bonds is 4. The van der Waals surface area contributed by atoms with Gasteiger partial charge in [-0.1, -0.05) is 0 Å². The Balaban J connectivity index is 0.00000120. The minimum atomic E-state index is 0. The van der Waals surface area contributed by atoms with Crippen LogP contribution in [0.5, 0.6) is 0 Å². The van der Waals surface area contributed by atoms with Crippen molar-refractivity contribution in [3.05, 3.63) is 0 Å². The van der Waals surface area contributed by atoms with Gasteiger partial charge in [0.1, 0.15) is 0 Å². The van der Waals surface area contributed by atoms with Gasteiger partial charge in [0.05, 0.1) is 0 Å². The van der Waals surface area contributed by atoms with Crippen molar-refractivity contribution in [3.8, 4) is 0 Å². The first-order chi connectivity index (χ1) is 8.25. The predicted octanol–water partition coefficient (Wildman–Crippen LogP) is 2.10. The second kappa shape index (κ2) is 5.79. The summed E-state index contributed by atoms with van der Waals surface area (Å²) >= 11 is 0. The fourth-order valence-electron chi connectivity index (χ4n) is 3.24. The normalized spacial score (nSPS) is 31.9. The van der Waals surface area contributed by atoms with Crippen LogP contribution in [-0.4, -0.2) is 24.5 Å². The van der Waals surface area contributed by atoms with Crippen molar-refractivity contribution in [2.24, 2.45) is 17.8 Å². The van der Waals surface area contributed by atoms with Gasteiger partial charge < -0.3 is 10.6 Å². The number of hydrogen-bond acceptors (Lipinski definition) is 2. The lowest BCUT2D eigenvalue weighted by Crippen LogP contribution is -2.53. The van der Waals surface area contributed by atoms with E-state index in [1.54, 1.807) is 0 Å². The first-order valence-corrected chi connectivity index (χ1v) is 7.29. The Morgan fingerprint density at radius 2 is 1.78 bits per heavy atom. The molecule has 2 N–H and O–H groups in total. The van der Waals surface area contributed by atoms with Gasteiger partial charge in [0.2, 0.25) is 5.91 Å². The Morgan fingerprint density at radius 3 is 2.28 bits per heavy atom. The minimum Gasteiger partial charge on any atom is -0.352 e. The molecule has 1 amide bonds. The van der Waals surface area contributed by atoms with Crippen molar-refractivity contribution in [1.29, 1.82) is 0 Å². The van der Waals surface area contributed by atoms with Crippen LogP contribution in [0, 0.1) is 17.8 Å². The van der Waals surface area contributed by atoms with Crippen LogP contribution < -0.4 is 10.6 Å². The van der Waals surface area contributed by atoms with E-state index in [2.05, 4.69) is 17.6 Å². The van der Waals surface area contributed by atoms with Crippen molar-refractivity contribution in [3.63, 3.8) is 0 Å². The molecule has 0 spiro atoms. The summed E-state index contributed by atoms with van der Waals surface area (Å²) in [6.45, 7) is 3.29. The first kappa shape index (κ1) is 14.1. The quantitative estimate of drug-likeness (QED) is 0.823. The summed E-state index contributed by atoms with van der Waals surface area (Å²) in [7, 11) is 0. The molecule has 2 saturated carbocycles. The number of carbonyl (C=O) groups excluding carboxylic acids is 1. The number of nitrogens with one attached hydrogen (secondary N) is 2. The molecule has 0 aromatic rings. The Kier molecular flexibility index (Phi) is 4.54. The van der Waals surface area contributed by atoms with Gasteiger partial charge in [0.15, 0.2) is 0 Å². The molecule has 0 aromatic carbocycles. The zero-order valence-electron chi connectivity index (χ0n) is 11.2. The Labute approximate surface area is 116 Å². The average Bonchev–Trinajstić information content (AvgIpc) is 3.14. The predicted molar refractivity (Wildman–Crippen MR) is 74.8 cm³/mol. The zero-order chi connectivity index (χ0) is 11.8. The van der Waals surface area contributed by atoms with Crippen LogP contribution in [-0.2, 0) is 4.79 Å². The second-order valence-electron chi connectivity index (χ2n) is 6.20. The molecule has 2 atom stereocenters. The van der Waals surface area contributed by atoms with Gasteiger partial charge in [-0.2, -0.15) is 0 Å². The lowest BCUT2D eigenvalue weighted by molar-refractivity contribution is -0.127. The van der Waals surface area contributed by atoms with Gasteiger partial charge in [0.25, 0.3) is 0 Å². The molecular weight excluding hydrogens is 248 g/mol. The van der Waals surface area contributed by atoms with Crippen molar-refractivity contribution in [2.45, 2.75) is 57.5 Å². The summed E-state index contributed by atoms with van der Waals surface area (Å²) in [6.07, 6.45) is 7.47. The number of carbonyl (C=O) groups is 1. The van der Waals surface area contributed by atoms with E-state index in [1.807, 2.05) is 0 Å². The number of hydrogen-bond donors (Lipinski definition) is 2. The minimum absolute atomic E-state index is 0. The van der Waals surface area contributed by atoms with Gasteiger partial charge in [-0.15, -0.1) is 12.4 Å². The number of piperidine rings is 1. The fraction of sp³-hybridized carbons (Fsp3) is 0.929. The molecule has 104 valence electrons. The second-order valence-corrected chi connectivity index (χ2v) is 6.20. The highest BCUT2D eigenvalue weighted by Gasteiger charge is 2.46. The van der Waals surface area contributed by atoms with Gasteiger partial charge in [0, 0.05) is 18.0 Å². The largest absolute Gasteiger partial charge is 0.352 e. The van der Waals surface area contributed by atoms with Crippen LogP contribution in [0.25, 0.3) is 0 Å². The third-order valence-corrected chi connectivity index (χ3v) is 4.65. The van der Waals surface area contributed by atoms with E-state index in [4.69, 9.17) is 0 Å². The van der Waals surface area contributed by atoms with Gasteiger partial charge in [-0.25, -0.2) is 0 Å². The molecule has 0 aromatic heterocycles. The first-order valence-electron chi connectivity index (χ1n) is 7.29. The van der Waals surface area contributed by atoms with Gasteiger partial charge in [-0.05, 0) is 63.8 Å². The Bertz CT molecular complexity index is 290. The van der Waals surface area contributed by atoms with Gasteiger partial charge >= 0.3 is 0 Å². The molecular formula is C14H25ClN2O. The lowest BCUT2D eigenvalue weighted by atomic mass is 9.94. The van der Waals surface area contributed by atoms with E-state index in [-0.39, 0.29) is 12.4 Å². The van der Waals surface area contributed by atoms with Crippen LogP contribution in [0.15, 0.2) is 0 Å². The third kappa shape index (κ3) is 3.18. The van der Waals surface area contributed by atoms with E-state index in [9.17, 15) is 4.79 Å². The molecule has 18 heavy (non-hydrogen) atoms. The maximum Gasteiger partial charge on any atom is 0.223 e. The molecule has 4 heteroatoms. The third-order valence-electron chi connectivity index (χ3n) is 4.65. The molecule has 3 aliphatic rings. The molecule has 3 rings (SSSR count). The van der Waals surface area contributed by atoms with Crippen LogP contribution in [0.1, 0.15) is 45.4 Å². The van der Waals surface area contributed by atoms with Crippen molar-refractivity contribution >= 4 is 18.3 Å². The van der Waals surface area contributed by atoms with Crippen LogP contribution in [0.4, 0.5) is 0 Å². The number of amides is 1. The molecule has 2 aliphatic carbocycles. The van der Waals surface area contributed by atoms with Crippen LogP contribution in [0.2, 0.25) is 0 Å². The van der Waals surface area contributed by atoms with Crippen LogP contribution in [0.3, 0.4) is 0 Å². The number of halogens is 1. The molecule has 2 unspecified atom stereocenters. The smallest absolute Gasteiger partial charge is 0.223 e. The summed E-state index contributed by atoms with van der Waals surface area (Å²) in [4.78, 5) is 12.4. The maximum absolute atomic E-state index is 12.4. The Hall–Kier alpha value is -0.280. The standard InChI is InChI=1S/C14H24N2O.ClH/c1-9-12(3-2-8-15-9)16-14(17)13(10-4-5-10)11-6-7-11;/h9-13,15H,2-8H2,1H3,(H,16,17);1H. The fourth-order valence-corrected chi connectivity index (χ4v) is 3.24. The molecule has 0 radical (unpaired) electrons. The Morgan fingerprint density at radius 1 is 1.17 bits per heavy atom. The highest BCUT2D eigenvalue weighted by Crippen LogP contribution is 2.49.